The molecule has 1 aliphatic rings. The molecule has 176 valence electrons. The third-order valence-corrected chi connectivity index (χ3v) is 5.45. The SMILES string of the molecule is [2H]N(C(=O)C(C)C)[C@H]1[C@H]([C@H](O)[C@H](O)CO)OC(C(=O)O)=C[C@@H]1n1nc2ccc(Cl)cc2c1C#N. The van der Waals surface area contributed by atoms with Gasteiger partial charge in [0.15, 0.2) is 1.41 Å². The van der Waals surface area contributed by atoms with Crippen molar-refractivity contribution in [2.75, 3.05) is 6.61 Å². The number of carboxylic acid groups (broad SMARTS) is 1. The number of amides is 1. The molecule has 1 aromatic heterocycles. The smallest absolute Gasteiger partial charge is 0.370 e. The quantitative estimate of drug-likeness (QED) is 0.374. The lowest BCUT2D eigenvalue weighted by Crippen LogP contribution is -2.59. The van der Waals surface area contributed by atoms with Gasteiger partial charge < -0.3 is 30.5 Å². The Labute approximate surface area is 194 Å². The van der Waals surface area contributed by atoms with Gasteiger partial charge in [0.2, 0.25) is 11.7 Å². The van der Waals surface area contributed by atoms with Crippen molar-refractivity contribution in [3.63, 3.8) is 0 Å². The number of carboxylic acids is 1. The minimum absolute atomic E-state index is 0.0308. The van der Waals surface area contributed by atoms with Gasteiger partial charge in [-0.1, -0.05) is 25.4 Å². The molecule has 0 unspecified atom stereocenters. The maximum Gasteiger partial charge on any atom is 0.370 e. The standard InChI is InChI=1S/C21H23ClN4O7/c1-9(2)20(30)24-17-13(6-16(21(31)32)33-19(17)18(29)15(28)8-27)26-14(7-23)11-5-10(22)3-4-12(11)25-26/h3-6,9,13,15,17-19,27-29H,8H2,1-2H3,(H,24,30)(H,31,32)/t13-,15+,17+,18+,19+/m0/s1/i/hD. The van der Waals surface area contributed by atoms with E-state index in [2.05, 4.69) is 5.10 Å². The molecule has 1 aliphatic heterocycles. The van der Waals surface area contributed by atoms with Crippen molar-refractivity contribution in [1.29, 1.82) is 5.26 Å². The van der Waals surface area contributed by atoms with Gasteiger partial charge in [-0.05, 0) is 24.3 Å². The lowest BCUT2D eigenvalue weighted by molar-refractivity contribution is -0.147. The summed E-state index contributed by atoms with van der Waals surface area (Å²) in [5.41, 5.74) is 0.312. The van der Waals surface area contributed by atoms with Gasteiger partial charge in [-0.25, -0.2) is 9.48 Å². The highest BCUT2D eigenvalue weighted by Gasteiger charge is 2.45. The Bertz CT molecular complexity index is 1180. The first-order valence-electron chi connectivity index (χ1n) is 10.4. The number of fused-ring (bicyclic) bond motifs is 1. The average Bonchev–Trinajstić information content (AvgIpc) is 3.18. The lowest BCUT2D eigenvalue weighted by atomic mass is 9.91. The fourth-order valence-corrected chi connectivity index (χ4v) is 3.66. The van der Waals surface area contributed by atoms with Crippen molar-refractivity contribution in [2.24, 2.45) is 5.92 Å². The van der Waals surface area contributed by atoms with Crippen LogP contribution in [0.1, 0.15) is 25.6 Å². The maximum atomic E-state index is 12.8. The molecular formula is C21H23ClN4O7. The van der Waals surface area contributed by atoms with Crippen LogP contribution in [0.4, 0.5) is 0 Å². The van der Waals surface area contributed by atoms with E-state index in [4.69, 9.17) is 17.7 Å². The first-order valence-corrected chi connectivity index (χ1v) is 10.4. The van der Waals surface area contributed by atoms with Crippen LogP contribution >= 0.6 is 11.6 Å². The van der Waals surface area contributed by atoms with Crippen LogP contribution in [0.3, 0.4) is 0 Å². The lowest BCUT2D eigenvalue weighted by Gasteiger charge is -2.40. The van der Waals surface area contributed by atoms with Crippen molar-refractivity contribution in [2.45, 2.75) is 44.2 Å². The molecule has 0 bridgehead atoms. The van der Waals surface area contributed by atoms with E-state index in [-0.39, 0.29) is 5.69 Å². The monoisotopic (exact) mass is 479 g/mol. The number of hydrogen-bond donors (Lipinski definition) is 5. The summed E-state index contributed by atoms with van der Waals surface area (Å²) in [6.45, 7) is 2.19. The molecular weight excluding hydrogens is 456 g/mol. The number of rotatable bonds is 7. The van der Waals surface area contributed by atoms with E-state index in [1.165, 1.54) is 6.07 Å². The molecule has 3 rings (SSSR count). The molecule has 1 amide bonds. The van der Waals surface area contributed by atoms with Crippen LogP contribution in [0.2, 0.25) is 6.43 Å². The van der Waals surface area contributed by atoms with Crippen molar-refractivity contribution >= 4 is 34.4 Å². The second-order valence-corrected chi connectivity index (χ2v) is 8.27. The number of aliphatic hydroxyl groups excluding tert-OH is 3. The molecule has 5 atom stereocenters. The van der Waals surface area contributed by atoms with Crippen LogP contribution in [0.25, 0.3) is 10.9 Å². The molecule has 0 radical (unpaired) electrons. The maximum absolute atomic E-state index is 12.8. The normalized spacial score (nSPS) is 22.7. The molecule has 0 fully saturated rings. The van der Waals surface area contributed by atoms with Crippen LogP contribution in [0.15, 0.2) is 30.0 Å². The molecule has 11 nitrogen and oxygen atoms in total. The predicted molar refractivity (Wildman–Crippen MR) is 115 cm³/mol. The van der Waals surface area contributed by atoms with Crippen LogP contribution in [0.5, 0.6) is 0 Å². The molecule has 33 heavy (non-hydrogen) atoms. The van der Waals surface area contributed by atoms with Crippen molar-refractivity contribution < 1.29 is 36.2 Å². The molecule has 5 N–H and O–H groups in total. The Morgan fingerprint density at radius 2 is 2.12 bits per heavy atom. The summed E-state index contributed by atoms with van der Waals surface area (Å²) in [6, 6.07) is 3.86. The zero-order valence-corrected chi connectivity index (χ0v) is 18.4. The van der Waals surface area contributed by atoms with Gasteiger partial charge >= 0.3 is 5.97 Å². The summed E-state index contributed by atoms with van der Waals surface area (Å²) < 4.78 is 15.0. The highest BCUT2D eigenvalue weighted by Crippen LogP contribution is 2.33. The zero-order chi connectivity index (χ0) is 25.3. The summed E-state index contributed by atoms with van der Waals surface area (Å²) in [6.07, 6.45) is -4.25. The number of nitrogens with zero attached hydrogens (tertiary/aromatic N) is 3. The van der Waals surface area contributed by atoms with Gasteiger partial charge in [-0.3, -0.25) is 4.79 Å². The number of ether oxygens (including phenoxy) is 1. The molecule has 1 aromatic carbocycles. The van der Waals surface area contributed by atoms with Gasteiger partial charge in [0, 0.05) is 16.3 Å². The van der Waals surface area contributed by atoms with E-state index in [0.717, 1.165) is 10.8 Å². The Kier molecular flexibility index (Phi) is 6.80. The Morgan fingerprint density at radius 1 is 1.42 bits per heavy atom. The minimum atomic E-state index is -1.89. The number of nitrogens with one attached hydrogen (secondary N) is 1. The van der Waals surface area contributed by atoms with Crippen molar-refractivity contribution in [3.8, 4) is 6.07 Å². The first kappa shape index (κ1) is 23.0. The van der Waals surface area contributed by atoms with E-state index in [9.17, 15) is 35.3 Å². The zero-order valence-electron chi connectivity index (χ0n) is 18.7. The van der Waals surface area contributed by atoms with Gasteiger partial charge in [-0.15, -0.1) is 0 Å². The minimum Gasteiger partial charge on any atom is -0.478 e. The van der Waals surface area contributed by atoms with Crippen LogP contribution in [-0.4, -0.2) is 73.0 Å². The fraction of sp³-hybridized carbons (Fsp3) is 0.429. The van der Waals surface area contributed by atoms with Crippen LogP contribution in [-0.2, 0) is 14.3 Å². The van der Waals surface area contributed by atoms with Crippen LogP contribution < -0.4 is 5.31 Å². The van der Waals surface area contributed by atoms with E-state index in [0.29, 0.717) is 21.2 Å². The Morgan fingerprint density at radius 3 is 2.70 bits per heavy atom. The number of nitriles is 1. The highest BCUT2D eigenvalue weighted by molar-refractivity contribution is 6.31. The Hall–Kier alpha value is -3.17. The summed E-state index contributed by atoms with van der Waals surface area (Å²) in [4.78, 5) is 24.6. The predicted octanol–water partition coefficient (Wildman–Crippen LogP) is 0.325. The highest BCUT2D eigenvalue weighted by atomic mass is 35.5. The van der Waals surface area contributed by atoms with Gasteiger partial charge in [-0.2, -0.15) is 10.4 Å². The number of hydrogen-bond acceptors (Lipinski definition) is 8. The number of carbonyl (C=O) groups excluding carboxylic acids is 1. The van der Waals surface area contributed by atoms with E-state index < -0.39 is 60.6 Å². The second kappa shape index (κ2) is 9.76. The topological polar surface area (TPSA) is 178 Å². The Balaban J connectivity index is 2.28. The summed E-state index contributed by atoms with van der Waals surface area (Å²) in [5.74, 6) is -3.53. The molecule has 2 aromatic rings. The van der Waals surface area contributed by atoms with E-state index >= 15 is 0 Å². The largest absolute Gasteiger partial charge is 0.478 e. The molecule has 12 heteroatoms. The molecule has 0 aliphatic carbocycles. The summed E-state index contributed by atoms with van der Waals surface area (Å²) in [7, 11) is 0. The van der Waals surface area contributed by atoms with Gasteiger partial charge in [0.25, 0.3) is 0 Å². The van der Waals surface area contributed by atoms with Crippen molar-refractivity contribution in [1.82, 2.24) is 15.1 Å². The number of halogens is 1. The second-order valence-electron chi connectivity index (χ2n) is 7.83. The number of carbonyl (C=O) groups is 2. The van der Waals surface area contributed by atoms with E-state index in [1.54, 1.807) is 26.0 Å². The molecule has 0 spiro atoms. The van der Waals surface area contributed by atoms with E-state index in [1.807, 2.05) is 6.07 Å². The molecule has 0 saturated carbocycles. The van der Waals surface area contributed by atoms with Crippen molar-refractivity contribution in [3.05, 3.63) is 40.8 Å². The average molecular weight is 480 g/mol. The van der Waals surface area contributed by atoms with Crippen LogP contribution in [0, 0.1) is 17.2 Å². The number of aliphatic carboxylic acids is 1. The summed E-state index contributed by atoms with van der Waals surface area (Å²) in [5, 5.41) is 55.0. The summed E-state index contributed by atoms with van der Waals surface area (Å²) >= 11 is 6.05. The number of aliphatic hydroxyl groups is 3. The third kappa shape index (κ3) is 4.79. The first-order chi connectivity index (χ1) is 16.0. The number of benzene rings is 1. The van der Waals surface area contributed by atoms with Gasteiger partial charge in [0.1, 0.15) is 30.1 Å². The number of aromatic nitrogens is 2. The molecule has 2 heterocycles. The third-order valence-electron chi connectivity index (χ3n) is 5.22. The fourth-order valence-electron chi connectivity index (χ4n) is 3.49. The van der Waals surface area contributed by atoms with Gasteiger partial charge in [0.05, 0.1) is 24.2 Å². The molecule has 0 saturated heterocycles.